The smallest absolute Gasteiger partial charge is 0.122 e. The molecule has 2 aromatic rings. The lowest BCUT2D eigenvalue weighted by molar-refractivity contribution is 0.209. The average molecular weight is 203 g/mol. The summed E-state index contributed by atoms with van der Waals surface area (Å²) in [6.45, 7) is 1.90. The van der Waals surface area contributed by atoms with Gasteiger partial charge in [0, 0.05) is 25.0 Å². The first-order chi connectivity index (χ1) is 7.18. The minimum absolute atomic E-state index is 0.662. The fraction of sp³-hybridized carbons (Fsp3) is 0.273. The van der Waals surface area contributed by atoms with Crippen LogP contribution < -0.4 is 0 Å². The van der Waals surface area contributed by atoms with Crippen LogP contribution in [-0.2, 0) is 7.05 Å². The minimum atomic E-state index is -0.662. The molecule has 2 rings (SSSR count). The van der Waals surface area contributed by atoms with Gasteiger partial charge < -0.3 is 5.11 Å². The number of rotatable bonds is 2. The topological polar surface area (TPSA) is 50.9 Å². The van der Waals surface area contributed by atoms with Crippen molar-refractivity contribution in [2.75, 3.05) is 0 Å². The van der Waals surface area contributed by atoms with E-state index < -0.39 is 6.10 Å². The van der Waals surface area contributed by atoms with Gasteiger partial charge in [-0.1, -0.05) is 6.07 Å². The highest BCUT2D eigenvalue weighted by atomic mass is 16.3. The van der Waals surface area contributed by atoms with E-state index in [1.165, 1.54) is 0 Å². The highest BCUT2D eigenvalue weighted by Gasteiger charge is 2.14. The van der Waals surface area contributed by atoms with E-state index in [4.69, 9.17) is 0 Å². The third-order valence-electron chi connectivity index (χ3n) is 2.32. The van der Waals surface area contributed by atoms with Crippen molar-refractivity contribution >= 4 is 0 Å². The lowest BCUT2D eigenvalue weighted by Crippen LogP contribution is -2.06. The first kappa shape index (κ1) is 9.86. The van der Waals surface area contributed by atoms with Gasteiger partial charge in [0.15, 0.2) is 0 Å². The second-order valence-corrected chi connectivity index (χ2v) is 3.52. The molecule has 0 aliphatic heterocycles. The van der Waals surface area contributed by atoms with Crippen LogP contribution in [0.15, 0.2) is 30.6 Å². The molecule has 2 heterocycles. The molecule has 0 saturated carbocycles. The lowest BCUT2D eigenvalue weighted by Gasteiger charge is -2.10. The second kappa shape index (κ2) is 3.82. The molecule has 1 atom stereocenters. The summed E-state index contributed by atoms with van der Waals surface area (Å²) in [5.41, 5.74) is 2.46. The molecule has 78 valence electrons. The fourth-order valence-corrected chi connectivity index (χ4v) is 1.60. The summed E-state index contributed by atoms with van der Waals surface area (Å²) in [7, 11) is 1.82. The van der Waals surface area contributed by atoms with Gasteiger partial charge in [-0.3, -0.25) is 9.67 Å². The zero-order valence-corrected chi connectivity index (χ0v) is 8.75. The highest BCUT2D eigenvalue weighted by Crippen LogP contribution is 2.20. The molecule has 1 N–H and O–H groups in total. The number of aliphatic hydroxyl groups excluding tert-OH is 1. The molecule has 0 fully saturated rings. The van der Waals surface area contributed by atoms with E-state index in [9.17, 15) is 5.11 Å². The maximum atomic E-state index is 10.1. The van der Waals surface area contributed by atoms with Crippen LogP contribution in [-0.4, -0.2) is 19.9 Å². The predicted molar refractivity (Wildman–Crippen MR) is 56.2 cm³/mol. The molecule has 0 bridgehead atoms. The molecule has 0 aliphatic rings. The Morgan fingerprint density at radius 2 is 2.27 bits per heavy atom. The van der Waals surface area contributed by atoms with Crippen LogP contribution in [0, 0.1) is 6.92 Å². The standard InChI is InChI=1S/C11H13N3O/c1-8-6-10(14(2)13-8)11(15)9-4-3-5-12-7-9/h3-7,11,15H,1-2H3. The van der Waals surface area contributed by atoms with E-state index in [-0.39, 0.29) is 0 Å². The Kier molecular flexibility index (Phi) is 2.51. The van der Waals surface area contributed by atoms with Gasteiger partial charge in [0.2, 0.25) is 0 Å². The van der Waals surface area contributed by atoms with Gasteiger partial charge in [-0.2, -0.15) is 5.10 Å². The van der Waals surface area contributed by atoms with Crippen molar-refractivity contribution in [3.8, 4) is 0 Å². The third-order valence-corrected chi connectivity index (χ3v) is 2.32. The highest BCUT2D eigenvalue weighted by molar-refractivity contribution is 5.24. The molecule has 0 aliphatic carbocycles. The van der Waals surface area contributed by atoms with Gasteiger partial charge >= 0.3 is 0 Å². The Morgan fingerprint density at radius 1 is 1.47 bits per heavy atom. The average Bonchev–Trinajstić information content (AvgIpc) is 2.58. The molecule has 4 nitrogen and oxygen atoms in total. The molecular formula is C11H13N3O. The zero-order chi connectivity index (χ0) is 10.8. The molecule has 0 radical (unpaired) electrons. The summed E-state index contributed by atoms with van der Waals surface area (Å²) < 4.78 is 1.69. The van der Waals surface area contributed by atoms with E-state index in [0.29, 0.717) is 0 Å². The number of nitrogens with zero attached hydrogens (tertiary/aromatic N) is 3. The summed E-state index contributed by atoms with van der Waals surface area (Å²) in [6.07, 6.45) is 2.68. The van der Waals surface area contributed by atoms with E-state index in [0.717, 1.165) is 17.0 Å². The minimum Gasteiger partial charge on any atom is -0.382 e. The normalized spacial score (nSPS) is 12.7. The number of hydrogen-bond acceptors (Lipinski definition) is 3. The molecule has 0 spiro atoms. The number of pyridine rings is 1. The van der Waals surface area contributed by atoms with Crippen molar-refractivity contribution in [2.24, 2.45) is 7.05 Å². The molecule has 4 heteroatoms. The van der Waals surface area contributed by atoms with Crippen molar-refractivity contribution < 1.29 is 5.11 Å². The van der Waals surface area contributed by atoms with Crippen molar-refractivity contribution in [2.45, 2.75) is 13.0 Å². The van der Waals surface area contributed by atoms with Gasteiger partial charge in [0.05, 0.1) is 11.4 Å². The first-order valence-corrected chi connectivity index (χ1v) is 4.77. The maximum Gasteiger partial charge on any atom is 0.122 e. The van der Waals surface area contributed by atoms with Crippen LogP contribution in [0.1, 0.15) is 23.1 Å². The van der Waals surface area contributed by atoms with Gasteiger partial charge in [-0.15, -0.1) is 0 Å². The maximum absolute atomic E-state index is 10.1. The van der Waals surface area contributed by atoms with Crippen molar-refractivity contribution in [1.82, 2.24) is 14.8 Å². The van der Waals surface area contributed by atoms with E-state index in [1.54, 1.807) is 17.1 Å². The summed E-state index contributed by atoms with van der Waals surface area (Å²) in [4.78, 5) is 3.98. The summed E-state index contributed by atoms with van der Waals surface area (Å²) >= 11 is 0. The Bertz CT molecular complexity index is 450. The number of hydrogen-bond donors (Lipinski definition) is 1. The Morgan fingerprint density at radius 3 is 2.80 bits per heavy atom. The van der Waals surface area contributed by atoms with Crippen molar-refractivity contribution in [3.05, 3.63) is 47.5 Å². The van der Waals surface area contributed by atoms with Gasteiger partial charge in [0.25, 0.3) is 0 Å². The molecule has 1 unspecified atom stereocenters. The SMILES string of the molecule is Cc1cc(C(O)c2cccnc2)n(C)n1. The Hall–Kier alpha value is -1.68. The van der Waals surface area contributed by atoms with Crippen LogP contribution in [0.3, 0.4) is 0 Å². The van der Waals surface area contributed by atoms with E-state index in [2.05, 4.69) is 10.1 Å². The number of aryl methyl sites for hydroxylation is 2. The van der Waals surface area contributed by atoms with E-state index in [1.807, 2.05) is 32.2 Å². The van der Waals surface area contributed by atoms with Gasteiger partial charge in [-0.25, -0.2) is 0 Å². The summed E-state index contributed by atoms with van der Waals surface area (Å²) in [5.74, 6) is 0. The Balaban J connectivity index is 2.36. The summed E-state index contributed by atoms with van der Waals surface area (Å²) in [6, 6.07) is 5.53. The molecule has 15 heavy (non-hydrogen) atoms. The molecular weight excluding hydrogens is 190 g/mol. The third kappa shape index (κ3) is 1.89. The van der Waals surface area contributed by atoms with Crippen LogP contribution >= 0.6 is 0 Å². The fourth-order valence-electron chi connectivity index (χ4n) is 1.60. The van der Waals surface area contributed by atoms with Crippen LogP contribution in [0.25, 0.3) is 0 Å². The largest absolute Gasteiger partial charge is 0.382 e. The van der Waals surface area contributed by atoms with Crippen LogP contribution in [0.2, 0.25) is 0 Å². The molecule has 0 amide bonds. The first-order valence-electron chi connectivity index (χ1n) is 4.77. The molecule has 0 saturated heterocycles. The molecule has 0 aromatic carbocycles. The predicted octanol–water partition coefficient (Wildman–Crippen LogP) is 1.21. The van der Waals surface area contributed by atoms with Crippen molar-refractivity contribution in [3.63, 3.8) is 0 Å². The van der Waals surface area contributed by atoms with Crippen LogP contribution in [0.5, 0.6) is 0 Å². The quantitative estimate of drug-likeness (QED) is 0.798. The zero-order valence-electron chi connectivity index (χ0n) is 8.75. The van der Waals surface area contributed by atoms with E-state index >= 15 is 0 Å². The van der Waals surface area contributed by atoms with Gasteiger partial charge in [0.1, 0.15) is 6.10 Å². The van der Waals surface area contributed by atoms with Crippen LogP contribution in [0.4, 0.5) is 0 Å². The lowest BCUT2D eigenvalue weighted by atomic mass is 10.1. The number of aliphatic hydroxyl groups is 1. The van der Waals surface area contributed by atoms with Gasteiger partial charge in [-0.05, 0) is 19.1 Å². The monoisotopic (exact) mass is 203 g/mol. The van der Waals surface area contributed by atoms with Crippen molar-refractivity contribution in [1.29, 1.82) is 0 Å². The second-order valence-electron chi connectivity index (χ2n) is 3.52. The Labute approximate surface area is 88.2 Å². The number of aromatic nitrogens is 3. The molecule has 2 aromatic heterocycles. The summed E-state index contributed by atoms with van der Waals surface area (Å²) in [5, 5.41) is 14.3.